The maximum atomic E-state index is 13.2. The molecule has 1 aromatic rings. The number of hydrogen-bond acceptors (Lipinski definition) is 10. The molecular weight excluding hydrogens is 596 g/mol. The summed E-state index contributed by atoms with van der Waals surface area (Å²) < 4.78 is 0. The van der Waals surface area contributed by atoms with E-state index in [9.17, 15) is 39.3 Å². The zero-order chi connectivity index (χ0) is 33.1. The molecule has 2 rings (SSSR count). The number of carboxylic acids is 1. The highest BCUT2D eigenvalue weighted by molar-refractivity contribution is 7.12. The molecular formula is C27H42N8O8S. The fourth-order valence-corrected chi connectivity index (χ4v) is 5.17. The number of nitrogens with two attached hydrogens (primary N) is 2. The van der Waals surface area contributed by atoms with Crippen molar-refractivity contribution in [2.45, 2.75) is 76.3 Å². The third-order valence-electron chi connectivity index (χ3n) is 6.91. The van der Waals surface area contributed by atoms with E-state index in [4.69, 9.17) is 16.9 Å². The Labute approximate surface area is 258 Å². The van der Waals surface area contributed by atoms with E-state index in [-0.39, 0.29) is 25.3 Å². The maximum absolute atomic E-state index is 13.2. The minimum Gasteiger partial charge on any atom is -0.480 e. The number of amides is 4. The lowest BCUT2D eigenvalue weighted by atomic mass is 10.0. The first-order chi connectivity index (χ1) is 20.7. The fourth-order valence-electron chi connectivity index (χ4n) is 4.17. The van der Waals surface area contributed by atoms with Crippen LogP contribution in [-0.2, 0) is 36.8 Å². The molecule has 12 N–H and O–H groups in total. The summed E-state index contributed by atoms with van der Waals surface area (Å²) in [7, 11) is 0. The van der Waals surface area contributed by atoms with Crippen molar-refractivity contribution in [3.05, 3.63) is 33.5 Å². The van der Waals surface area contributed by atoms with E-state index in [0.717, 1.165) is 16.2 Å². The smallest absolute Gasteiger partial charge is 0.326 e. The number of carboxylic acid groups (broad SMARTS) is 1. The summed E-state index contributed by atoms with van der Waals surface area (Å²) in [5.41, 5.74) is 11.9. The highest BCUT2D eigenvalue weighted by atomic mass is 32.1. The van der Waals surface area contributed by atoms with Gasteiger partial charge in [-0.15, -0.1) is 11.3 Å². The summed E-state index contributed by atoms with van der Waals surface area (Å²) in [5.74, 6) is -4.86. The highest BCUT2D eigenvalue weighted by Gasteiger charge is 2.32. The molecule has 244 valence electrons. The molecule has 0 radical (unpaired) electrons. The Morgan fingerprint density at radius 1 is 0.955 bits per heavy atom. The average molecular weight is 639 g/mol. The number of rotatable bonds is 16. The van der Waals surface area contributed by atoms with Gasteiger partial charge in [-0.1, -0.05) is 18.6 Å². The van der Waals surface area contributed by atoms with Gasteiger partial charge in [0.1, 0.15) is 30.2 Å². The first kappa shape index (κ1) is 36.1. The molecule has 0 aromatic carbocycles. The Morgan fingerprint density at radius 3 is 2.07 bits per heavy atom. The topological polar surface area (TPSA) is 273 Å². The van der Waals surface area contributed by atoms with Crippen LogP contribution >= 0.6 is 11.3 Å². The van der Waals surface area contributed by atoms with Crippen molar-refractivity contribution in [2.75, 3.05) is 19.7 Å². The van der Waals surface area contributed by atoms with Gasteiger partial charge in [-0.25, -0.2) is 4.79 Å². The zero-order valence-electron chi connectivity index (χ0n) is 24.8. The predicted molar refractivity (Wildman–Crippen MR) is 161 cm³/mol. The Bertz CT molecular complexity index is 1250. The Balaban J connectivity index is 2.06. The van der Waals surface area contributed by atoms with Crippen LogP contribution in [0.5, 0.6) is 0 Å². The molecule has 1 aliphatic rings. The number of carbonyl (C=O) groups excluding carboxylic acids is 4. The molecule has 0 aliphatic carbocycles. The van der Waals surface area contributed by atoms with E-state index < -0.39 is 72.5 Å². The molecule has 4 amide bonds. The van der Waals surface area contributed by atoms with Crippen LogP contribution < -0.4 is 32.7 Å². The second-order valence-corrected chi connectivity index (χ2v) is 11.7. The number of aliphatic carboxylic acids is 1. The lowest BCUT2D eigenvalue weighted by Gasteiger charge is -2.25. The summed E-state index contributed by atoms with van der Waals surface area (Å²) in [6.07, 6.45) is 1.30. The predicted octanol–water partition coefficient (Wildman–Crippen LogP) is -2.88. The minimum absolute atomic E-state index is 0.0486. The van der Waals surface area contributed by atoms with Crippen molar-refractivity contribution in [3.63, 3.8) is 0 Å². The van der Waals surface area contributed by atoms with Gasteiger partial charge >= 0.3 is 5.97 Å². The monoisotopic (exact) mass is 638 g/mol. The second-order valence-electron chi connectivity index (χ2n) is 10.5. The lowest BCUT2D eigenvalue weighted by molar-refractivity contribution is -0.142. The van der Waals surface area contributed by atoms with Gasteiger partial charge in [0.2, 0.25) is 23.6 Å². The van der Waals surface area contributed by atoms with Crippen LogP contribution in [0.25, 0.3) is 0 Å². The quantitative estimate of drug-likeness (QED) is 0.0499. The van der Waals surface area contributed by atoms with Gasteiger partial charge in [0, 0.05) is 29.3 Å². The molecule has 1 aliphatic heterocycles. The van der Waals surface area contributed by atoms with Crippen molar-refractivity contribution in [1.82, 2.24) is 26.2 Å². The molecule has 0 spiro atoms. The number of aliphatic hydroxyl groups is 2. The molecule has 0 fully saturated rings. The molecule has 6 atom stereocenters. The Morgan fingerprint density at radius 2 is 1.55 bits per heavy atom. The van der Waals surface area contributed by atoms with Crippen molar-refractivity contribution in [3.8, 4) is 0 Å². The van der Waals surface area contributed by atoms with Gasteiger partial charge in [-0.3, -0.25) is 24.6 Å². The van der Waals surface area contributed by atoms with E-state index in [1.165, 1.54) is 30.1 Å². The van der Waals surface area contributed by atoms with Crippen molar-refractivity contribution < 1.29 is 39.3 Å². The molecule has 17 heteroatoms. The fraction of sp³-hybridized carbons (Fsp3) is 0.556. The molecule has 0 saturated carbocycles. The number of hydrogen-bond donors (Lipinski definition) is 10. The van der Waals surface area contributed by atoms with Gasteiger partial charge in [0.25, 0.3) is 0 Å². The Kier molecular flexibility index (Phi) is 13.7. The zero-order valence-corrected chi connectivity index (χ0v) is 25.6. The van der Waals surface area contributed by atoms with Crippen LogP contribution in [0.2, 0.25) is 0 Å². The third-order valence-corrected chi connectivity index (χ3v) is 8.16. The summed E-state index contributed by atoms with van der Waals surface area (Å²) in [6.45, 7) is 4.26. The average Bonchev–Trinajstić information content (AvgIpc) is 3.63. The number of carbonyl (C=O) groups is 5. The standard InChI is InChI=1S/C27H42N8O8S/c1-4-16-5-6-17(44-16)10-19(26(42)43)33-22(38)13(2)31-24(40)20(12-36)34-23(39)18(32-25(41)21(28)14(3)37)9-15-7-8-35(11-15)27(29)30/h5-7,13-14,18-21,36-37H,4,8-12,28H2,1-3H3,(H3,29,30)(H,31,40)(H,32,41)(H,33,38)(H,34,39)(H,42,43). The van der Waals surface area contributed by atoms with E-state index in [2.05, 4.69) is 21.3 Å². The van der Waals surface area contributed by atoms with Gasteiger partial charge < -0.3 is 53.0 Å². The number of thiophene rings is 1. The number of guanidine groups is 1. The van der Waals surface area contributed by atoms with Gasteiger partial charge in [0.05, 0.1) is 12.7 Å². The van der Waals surface area contributed by atoms with Crippen LogP contribution in [0, 0.1) is 5.41 Å². The Hall–Kier alpha value is -4.06. The van der Waals surface area contributed by atoms with Gasteiger partial charge in [0.15, 0.2) is 5.96 Å². The summed E-state index contributed by atoms with van der Waals surface area (Å²) in [6, 6.07) is -2.98. The largest absolute Gasteiger partial charge is 0.480 e. The first-order valence-electron chi connectivity index (χ1n) is 14.0. The first-order valence-corrected chi connectivity index (χ1v) is 14.8. The normalized spacial score (nSPS) is 16.9. The lowest BCUT2D eigenvalue weighted by Crippen LogP contribution is -2.59. The van der Waals surface area contributed by atoms with E-state index in [0.29, 0.717) is 12.1 Å². The molecule has 6 unspecified atom stereocenters. The van der Waals surface area contributed by atoms with E-state index >= 15 is 0 Å². The SMILES string of the molecule is CCc1ccc(CC(NC(=O)C(C)NC(=O)C(CO)NC(=O)C(CC2=CCN(C(=N)N)C2)NC(=O)C(N)C(C)O)C(=O)O)s1. The van der Waals surface area contributed by atoms with Crippen molar-refractivity contribution in [1.29, 1.82) is 5.41 Å². The van der Waals surface area contributed by atoms with Crippen molar-refractivity contribution in [2.24, 2.45) is 11.5 Å². The second kappa shape index (κ2) is 16.7. The minimum atomic E-state index is -1.54. The van der Waals surface area contributed by atoms with Crippen LogP contribution in [0.1, 0.15) is 36.9 Å². The highest BCUT2D eigenvalue weighted by Crippen LogP contribution is 2.19. The summed E-state index contributed by atoms with van der Waals surface area (Å²) >= 11 is 1.44. The maximum Gasteiger partial charge on any atom is 0.326 e. The van der Waals surface area contributed by atoms with Crippen LogP contribution in [0.15, 0.2) is 23.8 Å². The third kappa shape index (κ3) is 10.6. The molecule has 16 nitrogen and oxygen atoms in total. The van der Waals surface area contributed by atoms with Crippen LogP contribution in [0.4, 0.5) is 0 Å². The number of nitrogens with zero attached hydrogens (tertiary/aromatic N) is 1. The van der Waals surface area contributed by atoms with Crippen LogP contribution in [-0.4, -0.2) is 112 Å². The van der Waals surface area contributed by atoms with Crippen molar-refractivity contribution >= 4 is 46.9 Å². The molecule has 44 heavy (non-hydrogen) atoms. The van der Waals surface area contributed by atoms with Gasteiger partial charge in [-0.2, -0.15) is 0 Å². The number of nitrogens with one attached hydrogen (secondary N) is 5. The number of aryl methyl sites for hydroxylation is 1. The molecule has 0 saturated heterocycles. The molecule has 0 bridgehead atoms. The summed E-state index contributed by atoms with van der Waals surface area (Å²) in [5, 5.41) is 46.3. The van der Waals surface area contributed by atoms with E-state index in [1.807, 2.05) is 13.0 Å². The molecule has 2 heterocycles. The molecule has 1 aromatic heterocycles. The number of aliphatic hydroxyl groups excluding tert-OH is 2. The van der Waals surface area contributed by atoms with Crippen LogP contribution in [0.3, 0.4) is 0 Å². The summed E-state index contributed by atoms with van der Waals surface area (Å²) in [4.78, 5) is 66.5. The van der Waals surface area contributed by atoms with E-state index in [1.54, 1.807) is 12.1 Å². The van der Waals surface area contributed by atoms with Gasteiger partial charge in [-0.05, 0) is 38.8 Å².